The summed E-state index contributed by atoms with van der Waals surface area (Å²) in [4.78, 5) is 27.9. The number of non-ortho nitro benzene ring substituents is 1. The van der Waals surface area contributed by atoms with Crippen LogP contribution in [0.2, 0.25) is 10.0 Å². The van der Waals surface area contributed by atoms with Gasteiger partial charge in [-0.15, -0.1) is 0 Å². The molecule has 1 amide bonds. The Hall–Kier alpha value is -2.18. The number of pyridine rings is 1. The summed E-state index contributed by atoms with van der Waals surface area (Å²) in [5, 5.41) is 10.8. The Labute approximate surface area is 130 Å². The lowest BCUT2D eigenvalue weighted by Gasteiger charge is -2.17. The fourth-order valence-electron chi connectivity index (χ4n) is 1.67. The first-order valence-corrected chi connectivity index (χ1v) is 6.50. The highest BCUT2D eigenvalue weighted by Crippen LogP contribution is 2.32. The van der Waals surface area contributed by atoms with E-state index in [-0.39, 0.29) is 21.3 Å². The number of hydrogen-bond donors (Lipinski definition) is 0. The number of anilines is 1. The molecule has 1 heterocycles. The van der Waals surface area contributed by atoms with Crippen molar-refractivity contribution in [3.05, 3.63) is 62.3 Å². The van der Waals surface area contributed by atoms with Crippen molar-refractivity contribution in [1.29, 1.82) is 0 Å². The molecule has 0 saturated heterocycles. The van der Waals surface area contributed by atoms with Gasteiger partial charge in [0.25, 0.3) is 11.6 Å². The quantitative estimate of drug-likeness (QED) is 0.638. The molecule has 21 heavy (non-hydrogen) atoms. The van der Waals surface area contributed by atoms with E-state index >= 15 is 0 Å². The maximum absolute atomic E-state index is 12.4. The molecule has 0 aliphatic carbocycles. The maximum Gasteiger partial charge on any atom is 0.271 e. The van der Waals surface area contributed by atoms with Gasteiger partial charge in [-0.1, -0.05) is 29.3 Å². The van der Waals surface area contributed by atoms with E-state index < -0.39 is 10.8 Å². The van der Waals surface area contributed by atoms with Gasteiger partial charge in [0.2, 0.25) is 0 Å². The molecule has 0 fully saturated rings. The Morgan fingerprint density at radius 1 is 1.33 bits per heavy atom. The van der Waals surface area contributed by atoms with Crippen LogP contribution < -0.4 is 4.90 Å². The number of hydrogen-bond acceptors (Lipinski definition) is 4. The summed E-state index contributed by atoms with van der Waals surface area (Å²) in [6.45, 7) is 0. The predicted octanol–water partition coefficient (Wildman–Crippen LogP) is 3.57. The van der Waals surface area contributed by atoms with Gasteiger partial charge >= 0.3 is 0 Å². The van der Waals surface area contributed by atoms with Gasteiger partial charge in [-0.05, 0) is 12.1 Å². The van der Waals surface area contributed by atoms with E-state index in [1.54, 1.807) is 18.2 Å². The SMILES string of the molecule is CN(C(=O)c1cc([N+](=O)[O-])cc(Cl)c1Cl)c1ccccn1. The fourth-order valence-corrected chi connectivity index (χ4v) is 2.08. The van der Waals surface area contributed by atoms with Crippen LogP contribution in [0.3, 0.4) is 0 Å². The molecule has 0 unspecified atom stereocenters. The predicted molar refractivity (Wildman–Crippen MR) is 80.1 cm³/mol. The molecule has 108 valence electrons. The Kier molecular flexibility index (Phi) is 4.40. The van der Waals surface area contributed by atoms with E-state index in [0.29, 0.717) is 5.82 Å². The van der Waals surface area contributed by atoms with E-state index in [0.717, 1.165) is 12.1 Å². The van der Waals surface area contributed by atoms with Gasteiger partial charge in [-0.3, -0.25) is 19.8 Å². The highest BCUT2D eigenvalue weighted by Gasteiger charge is 2.23. The number of carbonyl (C=O) groups is 1. The smallest absolute Gasteiger partial charge is 0.271 e. The van der Waals surface area contributed by atoms with Crippen molar-refractivity contribution in [2.75, 3.05) is 11.9 Å². The van der Waals surface area contributed by atoms with Gasteiger partial charge in [0, 0.05) is 25.4 Å². The first-order valence-electron chi connectivity index (χ1n) is 5.74. The van der Waals surface area contributed by atoms with Crippen LogP contribution in [0.15, 0.2) is 36.5 Å². The number of amides is 1. The average molecular weight is 326 g/mol. The molecular weight excluding hydrogens is 317 g/mol. The number of aromatic nitrogens is 1. The second-order valence-electron chi connectivity index (χ2n) is 4.10. The molecule has 0 atom stereocenters. The third-order valence-electron chi connectivity index (χ3n) is 2.75. The van der Waals surface area contributed by atoms with Crippen molar-refractivity contribution < 1.29 is 9.72 Å². The zero-order valence-corrected chi connectivity index (χ0v) is 12.3. The molecular formula is C13H9Cl2N3O3. The van der Waals surface area contributed by atoms with Crippen LogP contribution in [-0.2, 0) is 0 Å². The highest BCUT2D eigenvalue weighted by atomic mass is 35.5. The van der Waals surface area contributed by atoms with Crippen molar-refractivity contribution in [3.8, 4) is 0 Å². The summed E-state index contributed by atoms with van der Waals surface area (Å²) in [6.07, 6.45) is 1.53. The highest BCUT2D eigenvalue weighted by molar-refractivity contribution is 6.44. The van der Waals surface area contributed by atoms with Gasteiger partial charge in [-0.2, -0.15) is 0 Å². The number of rotatable bonds is 3. The fraction of sp³-hybridized carbons (Fsp3) is 0.0769. The molecule has 0 spiro atoms. The molecule has 0 saturated carbocycles. The van der Waals surface area contributed by atoms with Crippen LogP contribution in [0.1, 0.15) is 10.4 Å². The zero-order valence-electron chi connectivity index (χ0n) is 10.8. The van der Waals surface area contributed by atoms with Crippen LogP contribution in [0, 0.1) is 10.1 Å². The summed E-state index contributed by atoms with van der Waals surface area (Å²) >= 11 is 11.8. The van der Waals surface area contributed by atoms with E-state index in [1.807, 2.05) is 0 Å². The molecule has 0 aliphatic rings. The second kappa shape index (κ2) is 6.07. The van der Waals surface area contributed by atoms with Crippen LogP contribution in [-0.4, -0.2) is 22.9 Å². The largest absolute Gasteiger partial charge is 0.296 e. The normalized spacial score (nSPS) is 10.2. The van der Waals surface area contributed by atoms with Gasteiger partial charge in [0.15, 0.2) is 0 Å². The first-order chi connectivity index (χ1) is 9.91. The summed E-state index contributed by atoms with van der Waals surface area (Å²) in [5.41, 5.74) is -0.355. The Bertz CT molecular complexity index is 707. The zero-order chi connectivity index (χ0) is 15.6. The average Bonchev–Trinajstić information content (AvgIpc) is 2.49. The number of nitrogens with zero attached hydrogens (tertiary/aromatic N) is 3. The first kappa shape index (κ1) is 15.2. The van der Waals surface area contributed by atoms with Crippen molar-refractivity contribution in [2.45, 2.75) is 0 Å². The van der Waals surface area contributed by atoms with Crippen LogP contribution >= 0.6 is 23.2 Å². The van der Waals surface area contributed by atoms with Crippen molar-refractivity contribution in [1.82, 2.24) is 4.98 Å². The van der Waals surface area contributed by atoms with E-state index in [2.05, 4.69) is 4.98 Å². The molecule has 2 aromatic rings. The lowest BCUT2D eigenvalue weighted by Crippen LogP contribution is -2.27. The van der Waals surface area contributed by atoms with Gasteiger partial charge in [0.1, 0.15) is 5.82 Å². The molecule has 1 aromatic heterocycles. The van der Waals surface area contributed by atoms with Gasteiger partial charge < -0.3 is 0 Å². The summed E-state index contributed by atoms with van der Waals surface area (Å²) in [7, 11) is 1.49. The summed E-state index contributed by atoms with van der Waals surface area (Å²) < 4.78 is 0. The van der Waals surface area contributed by atoms with E-state index in [1.165, 1.54) is 18.1 Å². The van der Waals surface area contributed by atoms with Gasteiger partial charge in [0.05, 0.1) is 20.5 Å². The molecule has 1 aromatic carbocycles. The molecule has 6 nitrogen and oxygen atoms in total. The molecule has 2 rings (SSSR count). The molecule has 0 aliphatic heterocycles. The Morgan fingerprint density at radius 3 is 2.62 bits per heavy atom. The molecule has 0 N–H and O–H groups in total. The lowest BCUT2D eigenvalue weighted by molar-refractivity contribution is -0.384. The molecule has 8 heteroatoms. The minimum absolute atomic E-state index is 0.0324. The van der Waals surface area contributed by atoms with Crippen LogP contribution in [0.25, 0.3) is 0 Å². The number of halogens is 2. The van der Waals surface area contributed by atoms with E-state index in [9.17, 15) is 14.9 Å². The number of carbonyl (C=O) groups excluding carboxylic acids is 1. The lowest BCUT2D eigenvalue weighted by atomic mass is 10.1. The third-order valence-corrected chi connectivity index (χ3v) is 3.55. The Balaban J connectivity index is 2.46. The topological polar surface area (TPSA) is 76.3 Å². The monoisotopic (exact) mass is 325 g/mol. The molecule has 0 radical (unpaired) electrons. The van der Waals surface area contributed by atoms with Crippen LogP contribution in [0.4, 0.5) is 11.5 Å². The van der Waals surface area contributed by atoms with Crippen molar-refractivity contribution >= 4 is 40.6 Å². The number of nitro benzene ring substituents is 1. The Morgan fingerprint density at radius 2 is 2.05 bits per heavy atom. The summed E-state index contributed by atoms with van der Waals surface area (Å²) in [6, 6.07) is 7.25. The second-order valence-corrected chi connectivity index (χ2v) is 4.88. The third kappa shape index (κ3) is 3.12. The maximum atomic E-state index is 12.4. The molecule has 0 bridgehead atoms. The van der Waals surface area contributed by atoms with Crippen molar-refractivity contribution in [3.63, 3.8) is 0 Å². The van der Waals surface area contributed by atoms with Gasteiger partial charge in [-0.25, -0.2) is 4.98 Å². The van der Waals surface area contributed by atoms with E-state index in [4.69, 9.17) is 23.2 Å². The van der Waals surface area contributed by atoms with Crippen LogP contribution in [0.5, 0.6) is 0 Å². The minimum atomic E-state index is -0.639. The van der Waals surface area contributed by atoms with Crippen molar-refractivity contribution in [2.24, 2.45) is 0 Å². The number of nitro groups is 1. The minimum Gasteiger partial charge on any atom is -0.296 e. The summed E-state index contributed by atoms with van der Waals surface area (Å²) in [5.74, 6) is -0.148. The standard InChI is InChI=1S/C13H9Cl2N3O3/c1-17(11-4-2-3-5-16-11)13(19)9-6-8(18(20)21)7-10(14)12(9)15/h2-7H,1H3. The number of benzene rings is 1.